The number of amidine groups is 1. The molecule has 6 nitrogen and oxygen atoms in total. The molecule has 25 heavy (non-hydrogen) atoms. The van der Waals surface area contributed by atoms with E-state index in [4.69, 9.17) is 16.3 Å². The minimum absolute atomic E-state index is 0.0754. The number of likely N-dealkylation sites (N-methyl/N-ethyl adjacent to an activating group) is 1. The van der Waals surface area contributed by atoms with Crippen LogP contribution in [0.3, 0.4) is 0 Å². The molecule has 134 valence electrons. The number of oxime groups is 1. The second kappa shape index (κ2) is 6.67. The van der Waals surface area contributed by atoms with Crippen LogP contribution in [-0.2, 0) is 16.2 Å². The van der Waals surface area contributed by atoms with Crippen LogP contribution in [0.1, 0.15) is 31.2 Å². The number of carbonyl (C=O) groups is 1. The molecule has 0 saturated heterocycles. The van der Waals surface area contributed by atoms with Gasteiger partial charge in [0.1, 0.15) is 18.0 Å². The topological polar surface area (TPSA) is 93.9 Å². The Morgan fingerprint density at radius 3 is 2.80 bits per heavy atom. The lowest BCUT2D eigenvalue weighted by atomic mass is 9.93. The summed E-state index contributed by atoms with van der Waals surface area (Å²) in [6.45, 7) is -0.103. The third-order valence-electron chi connectivity index (χ3n) is 5.01. The molecule has 3 rings (SSSR count). The first kappa shape index (κ1) is 17.7. The second-order valence-electron chi connectivity index (χ2n) is 6.38. The molecule has 1 aromatic rings. The van der Waals surface area contributed by atoms with E-state index in [9.17, 15) is 9.18 Å². The minimum Gasteiger partial charge on any atom is -0.399 e. The van der Waals surface area contributed by atoms with Gasteiger partial charge in [-0.2, -0.15) is 0 Å². The van der Waals surface area contributed by atoms with Crippen molar-refractivity contribution in [3.63, 3.8) is 0 Å². The van der Waals surface area contributed by atoms with E-state index in [1.807, 2.05) is 0 Å². The standard InChI is InChI=1S/C17H20BrFN4O2/c1-23-16(24)13(14(20)17(23)6-2-3-7-17)15(21)22-25-9-10-8-11(18)4-5-12(10)19/h4-5,8H,2-3,6-7,9,20H2,1H3,(H2,21,22). The Hall–Kier alpha value is -2.09. The lowest BCUT2D eigenvalue weighted by Crippen LogP contribution is -2.45. The van der Waals surface area contributed by atoms with Crippen molar-refractivity contribution < 1.29 is 14.0 Å². The summed E-state index contributed by atoms with van der Waals surface area (Å²) in [6, 6.07) is 4.52. The molecule has 4 N–H and O–H groups in total. The molecule has 1 aliphatic carbocycles. The van der Waals surface area contributed by atoms with E-state index in [0.29, 0.717) is 11.3 Å². The molecule has 8 heteroatoms. The summed E-state index contributed by atoms with van der Waals surface area (Å²) >= 11 is 3.27. The monoisotopic (exact) mass is 410 g/mol. The molecule has 1 saturated carbocycles. The molecule has 1 heterocycles. The van der Waals surface area contributed by atoms with Gasteiger partial charge >= 0.3 is 0 Å². The summed E-state index contributed by atoms with van der Waals surface area (Å²) in [5, 5.41) is 3.79. The van der Waals surface area contributed by atoms with Crippen molar-refractivity contribution in [2.45, 2.75) is 37.8 Å². The van der Waals surface area contributed by atoms with Gasteiger partial charge in [-0.15, -0.1) is 0 Å². The van der Waals surface area contributed by atoms with E-state index in [2.05, 4.69) is 21.1 Å². The number of nitrogens with two attached hydrogens (primary N) is 2. The summed E-state index contributed by atoms with van der Waals surface area (Å²) in [7, 11) is 1.73. The zero-order valence-electron chi connectivity index (χ0n) is 13.9. The maximum atomic E-state index is 13.7. The first-order chi connectivity index (χ1) is 11.9. The largest absolute Gasteiger partial charge is 0.399 e. The molecule has 0 atom stereocenters. The minimum atomic E-state index is -0.455. The highest BCUT2D eigenvalue weighted by molar-refractivity contribution is 9.10. The summed E-state index contributed by atoms with van der Waals surface area (Å²) in [5.74, 6) is -0.733. The third kappa shape index (κ3) is 2.99. The van der Waals surface area contributed by atoms with Crippen molar-refractivity contribution in [2.24, 2.45) is 16.6 Å². The van der Waals surface area contributed by atoms with Crippen molar-refractivity contribution in [1.29, 1.82) is 0 Å². The van der Waals surface area contributed by atoms with Crippen molar-refractivity contribution in [1.82, 2.24) is 4.90 Å². The number of carbonyl (C=O) groups excluding carboxylic acids is 1. The van der Waals surface area contributed by atoms with Crippen LogP contribution in [0.25, 0.3) is 0 Å². The van der Waals surface area contributed by atoms with Crippen LogP contribution in [0.15, 0.2) is 39.1 Å². The van der Waals surface area contributed by atoms with Gasteiger partial charge in [0.05, 0.1) is 11.2 Å². The predicted molar refractivity (Wildman–Crippen MR) is 95.7 cm³/mol. The summed E-state index contributed by atoms with van der Waals surface area (Å²) in [6.07, 6.45) is 3.67. The van der Waals surface area contributed by atoms with E-state index >= 15 is 0 Å². The average molecular weight is 411 g/mol. The summed E-state index contributed by atoms with van der Waals surface area (Å²) in [4.78, 5) is 19.4. The molecule has 2 aliphatic rings. The van der Waals surface area contributed by atoms with Gasteiger partial charge in [-0.1, -0.05) is 33.9 Å². The zero-order chi connectivity index (χ0) is 18.2. The maximum Gasteiger partial charge on any atom is 0.260 e. The first-order valence-corrected chi connectivity index (χ1v) is 8.84. The molecule has 0 radical (unpaired) electrons. The Kier molecular flexibility index (Phi) is 4.73. The fraction of sp³-hybridized carbons (Fsp3) is 0.412. The van der Waals surface area contributed by atoms with E-state index in [-0.39, 0.29) is 23.9 Å². The second-order valence-corrected chi connectivity index (χ2v) is 7.29. The van der Waals surface area contributed by atoms with Crippen LogP contribution < -0.4 is 11.5 Å². The molecule has 0 aromatic heterocycles. The SMILES string of the molecule is CN1C(=O)C(/C(N)=N/OCc2cc(Br)ccc2F)=C(N)C12CCCC2. The third-order valence-corrected chi connectivity index (χ3v) is 5.50. The first-order valence-electron chi connectivity index (χ1n) is 8.05. The fourth-order valence-corrected chi connectivity index (χ4v) is 3.98. The number of benzene rings is 1. The van der Waals surface area contributed by atoms with E-state index in [1.165, 1.54) is 6.07 Å². The lowest BCUT2D eigenvalue weighted by molar-refractivity contribution is -0.127. The average Bonchev–Trinajstić information content (AvgIpc) is 3.13. The van der Waals surface area contributed by atoms with Crippen LogP contribution in [0.2, 0.25) is 0 Å². The predicted octanol–water partition coefficient (Wildman–Crippen LogP) is 2.37. The number of rotatable bonds is 4. The van der Waals surface area contributed by atoms with Crippen LogP contribution in [0, 0.1) is 5.82 Å². The van der Waals surface area contributed by atoms with Crippen molar-refractivity contribution in [3.8, 4) is 0 Å². The highest BCUT2D eigenvalue weighted by Gasteiger charge is 2.51. The Morgan fingerprint density at radius 2 is 2.12 bits per heavy atom. The number of halogens is 2. The number of hydrogen-bond acceptors (Lipinski definition) is 4. The van der Waals surface area contributed by atoms with Gasteiger partial charge in [-0.25, -0.2) is 4.39 Å². The zero-order valence-corrected chi connectivity index (χ0v) is 15.5. The number of nitrogens with zero attached hydrogens (tertiary/aromatic N) is 2. The van der Waals surface area contributed by atoms with Crippen LogP contribution >= 0.6 is 15.9 Å². The Balaban J connectivity index is 1.79. The highest BCUT2D eigenvalue weighted by Crippen LogP contribution is 2.44. The maximum absolute atomic E-state index is 13.7. The van der Waals surface area contributed by atoms with E-state index in [1.54, 1.807) is 24.1 Å². The summed E-state index contributed by atoms with van der Waals surface area (Å²) < 4.78 is 14.4. The number of amides is 1. The lowest BCUT2D eigenvalue weighted by Gasteiger charge is -2.33. The molecule has 0 unspecified atom stereocenters. The van der Waals surface area contributed by atoms with Gasteiger partial charge in [0, 0.05) is 17.1 Å². The molecule has 0 bridgehead atoms. The van der Waals surface area contributed by atoms with E-state index < -0.39 is 11.4 Å². The van der Waals surface area contributed by atoms with Gasteiger partial charge in [0.15, 0.2) is 5.84 Å². The number of hydrogen-bond donors (Lipinski definition) is 2. The normalized spacial score (nSPS) is 20.0. The van der Waals surface area contributed by atoms with Gasteiger partial charge in [-0.3, -0.25) is 4.79 Å². The quantitative estimate of drug-likeness (QED) is 0.452. The molecule has 1 amide bonds. The van der Waals surface area contributed by atoms with Crippen molar-refractivity contribution >= 4 is 27.7 Å². The molecule has 1 aromatic carbocycles. The van der Waals surface area contributed by atoms with Crippen molar-refractivity contribution in [2.75, 3.05) is 7.05 Å². The van der Waals surface area contributed by atoms with Crippen molar-refractivity contribution in [3.05, 3.63) is 45.3 Å². The Morgan fingerprint density at radius 1 is 1.44 bits per heavy atom. The summed E-state index contributed by atoms with van der Waals surface area (Å²) in [5.41, 5.74) is 12.7. The smallest absolute Gasteiger partial charge is 0.260 e. The molecular formula is C17H20BrFN4O2. The van der Waals surface area contributed by atoms with Crippen LogP contribution in [-0.4, -0.2) is 29.2 Å². The van der Waals surface area contributed by atoms with Gasteiger partial charge in [0.25, 0.3) is 5.91 Å². The highest BCUT2D eigenvalue weighted by atomic mass is 79.9. The van der Waals surface area contributed by atoms with Crippen LogP contribution in [0.5, 0.6) is 0 Å². The molecular weight excluding hydrogens is 391 g/mol. The van der Waals surface area contributed by atoms with Gasteiger partial charge in [-0.05, 0) is 31.0 Å². The Labute approximate surface area is 153 Å². The molecule has 1 fully saturated rings. The fourth-order valence-electron chi connectivity index (χ4n) is 3.57. The van der Waals surface area contributed by atoms with E-state index in [0.717, 1.165) is 30.2 Å². The Bertz CT molecular complexity index is 772. The molecule has 1 aliphatic heterocycles. The van der Waals surface area contributed by atoms with Gasteiger partial charge in [0.2, 0.25) is 0 Å². The molecule has 1 spiro atoms. The van der Waals surface area contributed by atoms with Gasteiger partial charge < -0.3 is 21.2 Å². The van der Waals surface area contributed by atoms with Crippen LogP contribution in [0.4, 0.5) is 4.39 Å².